The maximum absolute atomic E-state index is 6.02. The Kier molecular flexibility index (Phi) is 2.08. The predicted molar refractivity (Wildman–Crippen MR) is 61.2 cm³/mol. The van der Waals surface area contributed by atoms with E-state index >= 15 is 0 Å². The second-order valence-electron chi connectivity index (χ2n) is 3.32. The van der Waals surface area contributed by atoms with Gasteiger partial charge in [0.2, 0.25) is 0 Å². The molecule has 0 amide bonds. The van der Waals surface area contributed by atoms with Crippen LogP contribution in [0.15, 0.2) is 42.9 Å². The van der Waals surface area contributed by atoms with Crippen molar-refractivity contribution in [1.82, 2.24) is 19.6 Å². The van der Waals surface area contributed by atoms with Gasteiger partial charge in [-0.15, -0.1) is 10.2 Å². The Bertz CT molecular complexity index is 633. The van der Waals surface area contributed by atoms with Crippen LogP contribution < -0.4 is 0 Å². The van der Waals surface area contributed by atoms with E-state index in [9.17, 15) is 0 Å². The van der Waals surface area contributed by atoms with Crippen molar-refractivity contribution in [3.63, 3.8) is 0 Å². The highest BCUT2D eigenvalue weighted by atomic mass is 35.5. The van der Waals surface area contributed by atoms with Crippen LogP contribution in [0.25, 0.3) is 17.0 Å². The number of pyridine rings is 2. The summed E-state index contributed by atoms with van der Waals surface area (Å²) in [7, 11) is 0. The van der Waals surface area contributed by atoms with Gasteiger partial charge in [-0.25, -0.2) is 0 Å². The molecule has 0 atom stereocenters. The van der Waals surface area contributed by atoms with Crippen LogP contribution in [0.2, 0.25) is 5.02 Å². The molecule has 3 heterocycles. The third-order valence-corrected chi connectivity index (χ3v) is 2.60. The molecule has 0 aliphatic carbocycles. The van der Waals surface area contributed by atoms with Gasteiger partial charge in [-0.1, -0.05) is 11.6 Å². The Morgan fingerprint density at radius 3 is 2.88 bits per heavy atom. The average Bonchev–Trinajstić information content (AvgIpc) is 2.75. The van der Waals surface area contributed by atoms with Gasteiger partial charge in [-0.3, -0.25) is 9.38 Å². The standard InChI is InChI=1S/C11H7ClN4/c12-9-4-2-6-16-10(14-15-11(9)16)8-3-1-5-13-7-8/h1-7H. The first-order valence-corrected chi connectivity index (χ1v) is 5.14. The minimum absolute atomic E-state index is 0.588. The van der Waals surface area contributed by atoms with Gasteiger partial charge >= 0.3 is 0 Å². The normalized spacial score (nSPS) is 10.8. The molecule has 0 unspecified atom stereocenters. The van der Waals surface area contributed by atoms with Crippen molar-refractivity contribution in [2.75, 3.05) is 0 Å². The van der Waals surface area contributed by atoms with E-state index < -0.39 is 0 Å². The summed E-state index contributed by atoms with van der Waals surface area (Å²) in [5.41, 5.74) is 1.57. The van der Waals surface area contributed by atoms with Crippen LogP contribution in [-0.2, 0) is 0 Å². The highest BCUT2D eigenvalue weighted by Gasteiger charge is 2.09. The number of hydrogen-bond acceptors (Lipinski definition) is 3. The Morgan fingerprint density at radius 2 is 2.06 bits per heavy atom. The summed E-state index contributed by atoms with van der Waals surface area (Å²) >= 11 is 6.02. The number of hydrogen-bond donors (Lipinski definition) is 0. The first-order chi connectivity index (χ1) is 7.86. The van der Waals surface area contributed by atoms with Crippen molar-refractivity contribution >= 4 is 17.2 Å². The molecule has 0 saturated heterocycles. The zero-order valence-corrected chi connectivity index (χ0v) is 8.96. The van der Waals surface area contributed by atoms with E-state index in [0.29, 0.717) is 10.7 Å². The van der Waals surface area contributed by atoms with Gasteiger partial charge in [0.25, 0.3) is 0 Å². The molecule has 16 heavy (non-hydrogen) atoms. The summed E-state index contributed by atoms with van der Waals surface area (Å²) in [6, 6.07) is 7.45. The number of aromatic nitrogens is 4. The molecule has 3 aromatic heterocycles. The van der Waals surface area contributed by atoms with E-state index in [1.165, 1.54) is 0 Å². The van der Waals surface area contributed by atoms with Crippen molar-refractivity contribution in [3.8, 4) is 11.4 Å². The fourth-order valence-corrected chi connectivity index (χ4v) is 1.78. The molecule has 0 N–H and O–H groups in total. The number of rotatable bonds is 1. The molecule has 0 saturated carbocycles. The van der Waals surface area contributed by atoms with Crippen molar-refractivity contribution in [2.45, 2.75) is 0 Å². The zero-order valence-electron chi connectivity index (χ0n) is 8.21. The van der Waals surface area contributed by atoms with Gasteiger partial charge in [-0.05, 0) is 24.3 Å². The van der Waals surface area contributed by atoms with Gasteiger partial charge in [0.1, 0.15) is 0 Å². The number of fused-ring (bicyclic) bond motifs is 1. The smallest absolute Gasteiger partial charge is 0.179 e. The fraction of sp³-hybridized carbons (Fsp3) is 0. The van der Waals surface area contributed by atoms with E-state index in [1.807, 2.05) is 28.8 Å². The van der Waals surface area contributed by atoms with Crippen molar-refractivity contribution < 1.29 is 0 Å². The van der Waals surface area contributed by atoms with Crippen LogP contribution in [0, 0.1) is 0 Å². The van der Waals surface area contributed by atoms with Gasteiger partial charge < -0.3 is 0 Å². The lowest BCUT2D eigenvalue weighted by molar-refractivity contribution is 1.11. The van der Waals surface area contributed by atoms with Crippen molar-refractivity contribution in [3.05, 3.63) is 47.9 Å². The van der Waals surface area contributed by atoms with E-state index in [0.717, 1.165) is 11.4 Å². The number of nitrogens with zero attached hydrogens (tertiary/aromatic N) is 4. The van der Waals surface area contributed by atoms with E-state index in [-0.39, 0.29) is 0 Å². The van der Waals surface area contributed by atoms with Crippen LogP contribution in [0.3, 0.4) is 0 Å². The Balaban J connectivity index is 2.30. The molecule has 5 heteroatoms. The van der Waals surface area contributed by atoms with Crippen molar-refractivity contribution in [1.29, 1.82) is 0 Å². The molecule has 0 radical (unpaired) electrons. The Hall–Kier alpha value is -1.94. The third-order valence-electron chi connectivity index (χ3n) is 2.31. The maximum Gasteiger partial charge on any atom is 0.179 e. The third kappa shape index (κ3) is 1.35. The van der Waals surface area contributed by atoms with Gasteiger partial charge in [0.15, 0.2) is 11.5 Å². The molecular formula is C11H7ClN4. The summed E-state index contributed by atoms with van der Waals surface area (Å²) in [6.45, 7) is 0. The summed E-state index contributed by atoms with van der Waals surface area (Å²) in [5, 5.41) is 8.75. The number of halogens is 1. The monoisotopic (exact) mass is 230 g/mol. The largest absolute Gasteiger partial charge is 0.281 e. The van der Waals surface area contributed by atoms with Crippen LogP contribution in [0.5, 0.6) is 0 Å². The highest BCUT2D eigenvalue weighted by Crippen LogP contribution is 2.21. The molecule has 0 fully saturated rings. The summed E-state index contributed by atoms with van der Waals surface area (Å²) in [5.74, 6) is 0.741. The Morgan fingerprint density at radius 1 is 1.12 bits per heavy atom. The minimum Gasteiger partial charge on any atom is -0.281 e. The van der Waals surface area contributed by atoms with Gasteiger partial charge in [0, 0.05) is 24.2 Å². The lowest BCUT2D eigenvalue weighted by atomic mass is 10.3. The quantitative estimate of drug-likeness (QED) is 0.645. The molecular weight excluding hydrogens is 224 g/mol. The second-order valence-corrected chi connectivity index (χ2v) is 3.72. The molecule has 0 aromatic carbocycles. The zero-order chi connectivity index (χ0) is 11.0. The maximum atomic E-state index is 6.02. The Labute approximate surface area is 96.5 Å². The lowest BCUT2D eigenvalue weighted by Gasteiger charge is -1.99. The molecule has 78 valence electrons. The SMILES string of the molecule is Clc1cccn2c(-c3cccnc3)nnc12. The van der Waals surface area contributed by atoms with E-state index in [4.69, 9.17) is 11.6 Å². The van der Waals surface area contributed by atoms with E-state index in [2.05, 4.69) is 15.2 Å². The first kappa shape index (κ1) is 9.30. The summed E-state index contributed by atoms with van der Waals surface area (Å²) < 4.78 is 1.85. The van der Waals surface area contributed by atoms with E-state index in [1.54, 1.807) is 18.5 Å². The highest BCUT2D eigenvalue weighted by molar-refractivity contribution is 6.33. The first-order valence-electron chi connectivity index (χ1n) is 4.76. The topological polar surface area (TPSA) is 43.1 Å². The molecule has 4 nitrogen and oxygen atoms in total. The van der Waals surface area contributed by atoms with Crippen LogP contribution in [-0.4, -0.2) is 19.6 Å². The molecule has 3 rings (SSSR count). The van der Waals surface area contributed by atoms with Gasteiger partial charge in [-0.2, -0.15) is 0 Å². The van der Waals surface area contributed by atoms with Gasteiger partial charge in [0.05, 0.1) is 5.02 Å². The predicted octanol–water partition coefficient (Wildman–Crippen LogP) is 2.44. The molecule has 0 aliphatic heterocycles. The van der Waals surface area contributed by atoms with Crippen LogP contribution >= 0.6 is 11.6 Å². The average molecular weight is 231 g/mol. The molecule has 0 spiro atoms. The molecule has 0 aliphatic rings. The summed E-state index contributed by atoms with van der Waals surface area (Å²) in [4.78, 5) is 4.06. The second kappa shape index (κ2) is 3.57. The van der Waals surface area contributed by atoms with Crippen LogP contribution in [0.4, 0.5) is 0 Å². The van der Waals surface area contributed by atoms with Crippen molar-refractivity contribution in [2.24, 2.45) is 0 Å². The fourth-order valence-electron chi connectivity index (χ4n) is 1.58. The molecule has 3 aromatic rings. The lowest BCUT2D eigenvalue weighted by Crippen LogP contribution is -1.89. The summed E-state index contributed by atoms with van der Waals surface area (Å²) in [6.07, 6.45) is 5.35. The minimum atomic E-state index is 0.588. The molecule has 0 bridgehead atoms. The van der Waals surface area contributed by atoms with Crippen LogP contribution in [0.1, 0.15) is 0 Å².